The highest BCUT2D eigenvalue weighted by atomic mass is 16.4. The first-order valence-corrected chi connectivity index (χ1v) is 31.4. The summed E-state index contributed by atoms with van der Waals surface area (Å²) in [6.07, 6.45) is -0.747. The average Bonchev–Trinajstić information content (AvgIpc) is 1.78. The number of primary amides is 1. The molecule has 0 saturated carbocycles. The Morgan fingerprint density at radius 2 is 0.779 bits per heavy atom. The lowest BCUT2D eigenvalue weighted by Crippen LogP contribution is -2.60. The molecule has 1 saturated heterocycles. The second kappa shape index (κ2) is 45.8. The van der Waals surface area contributed by atoms with E-state index in [1.54, 1.807) is 0 Å². The van der Waals surface area contributed by atoms with Gasteiger partial charge in [0, 0.05) is 39.1 Å². The Kier molecular flexibility index (Phi) is 40.3. The summed E-state index contributed by atoms with van der Waals surface area (Å²) < 4.78 is 0. The smallest absolute Gasteiger partial charge is 0.303 e. The van der Waals surface area contributed by atoms with E-state index in [9.17, 15) is 67.7 Å². The molecule has 1 aliphatic rings. The first kappa shape index (κ1) is 83.6. The maximum absolute atomic E-state index is 14.4. The predicted molar refractivity (Wildman–Crippen MR) is 350 cm³/mol. The number of nitrogens with one attached hydrogen (secondary N) is 9. The van der Waals surface area contributed by atoms with E-state index in [4.69, 9.17) is 68.8 Å². The molecule has 0 radical (unpaired) electrons. The zero-order valence-electron chi connectivity index (χ0n) is 54.2. The molecule has 35 N–H and O–H groups in total. The van der Waals surface area contributed by atoms with Crippen molar-refractivity contribution in [1.29, 1.82) is 0 Å². The van der Waals surface area contributed by atoms with Gasteiger partial charge in [-0.25, -0.2) is 0 Å². The van der Waals surface area contributed by atoms with Crippen LogP contribution in [-0.2, 0) is 57.5 Å². The molecule has 1 fully saturated rings. The molecule has 1 rings (SSSR count). The van der Waals surface area contributed by atoms with E-state index in [0.717, 1.165) is 0 Å². The number of nitrogens with zero attached hydrogens (tertiary/aromatic N) is 5. The summed E-state index contributed by atoms with van der Waals surface area (Å²) in [6, 6.07) is -14.1. The third-order valence-electron chi connectivity index (χ3n) is 14.6. The maximum Gasteiger partial charge on any atom is 0.303 e. The monoisotopic (exact) mass is 1350 g/mol. The fourth-order valence-corrected chi connectivity index (χ4v) is 9.45. The normalized spacial score (nSPS) is 15.6. The molecular weight excluding hydrogens is 1250 g/mol. The minimum absolute atomic E-state index is 0.0120. The molecule has 11 amide bonds. The molecule has 1 heterocycles. The number of carbonyl (C=O) groups excluding carboxylic acids is 11. The van der Waals surface area contributed by atoms with Gasteiger partial charge in [-0.1, -0.05) is 0 Å². The fraction of sp³-hybridized carbons (Fsp3) is 0.709. The van der Waals surface area contributed by atoms with Gasteiger partial charge in [0.2, 0.25) is 65.0 Å². The number of hydrogen-bond acceptors (Lipinski definition) is 20. The Bertz CT molecular complexity index is 2650. The van der Waals surface area contributed by atoms with Gasteiger partial charge in [0.25, 0.3) is 0 Å². The summed E-state index contributed by atoms with van der Waals surface area (Å²) in [5.41, 5.74) is 66.6. The van der Waals surface area contributed by atoms with Crippen LogP contribution in [-0.4, -0.2) is 229 Å². The lowest BCUT2D eigenvalue weighted by atomic mass is 10.0. The molecule has 0 bridgehead atoms. The molecule has 0 aromatic heterocycles. The van der Waals surface area contributed by atoms with Crippen LogP contribution in [0.5, 0.6) is 0 Å². The van der Waals surface area contributed by atoms with Crippen LogP contribution in [0.2, 0.25) is 0 Å². The molecule has 0 aromatic rings. The van der Waals surface area contributed by atoms with Crippen molar-refractivity contribution >= 4 is 94.8 Å². The van der Waals surface area contributed by atoms with Crippen LogP contribution in [0.4, 0.5) is 0 Å². The third-order valence-corrected chi connectivity index (χ3v) is 14.6. The van der Waals surface area contributed by atoms with Gasteiger partial charge in [-0.05, 0) is 136 Å². The van der Waals surface area contributed by atoms with E-state index in [2.05, 4.69) is 67.8 Å². The topological polar surface area (TPSA) is 718 Å². The number of unbranched alkanes of at least 4 members (excludes halogenated alkanes) is 2. The zero-order chi connectivity index (χ0) is 71.7. The van der Waals surface area contributed by atoms with Gasteiger partial charge in [-0.3, -0.25) is 77.5 Å². The van der Waals surface area contributed by atoms with Crippen LogP contribution in [0.1, 0.15) is 129 Å². The SMILES string of the molecule is C[C@H](NC(=O)[C@H](CCCN=C(N)N)NC(=O)[C@H](CCC(=O)O)NC(=O)[C@H](CCCN=C(N)N)NC(=O)[C@@H]1CCCN1C(=O)[C@@H](N)[C@@H](C)O)C(=O)N[C@@H](CCCN=C(N)N)C(=O)N[C@@H](CCCCN)C(=O)N[C@@H](CCCCN)C(=O)N[C@@H](CCCN=C(N)N)C(=O)NCC(N)=O. The van der Waals surface area contributed by atoms with E-state index in [1.165, 1.54) is 18.7 Å². The van der Waals surface area contributed by atoms with Crippen LogP contribution in [0.25, 0.3) is 0 Å². The molecule has 0 aliphatic carbocycles. The minimum Gasteiger partial charge on any atom is -0.481 e. The molecule has 95 heavy (non-hydrogen) atoms. The van der Waals surface area contributed by atoms with Crippen LogP contribution in [0.15, 0.2) is 20.0 Å². The van der Waals surface area contributed by atoms with Gasteiger partial charge in [0.1, 0.15) is 60.4 Å². The Morgan fingerprint density at radius 1 is 0.453 bits per heavy atom. The number of amides is 11. The first-order chi connectivity index (χ1) is 44.8. The number of nitrogens with two attached hydrogens (primary N) is 12. The van der Waals surface area contributed by atoms with Gasteiger partial charge >= 0.3 is 5.97 Å². The van der Waals surface area contributed by atoms with Crippen LogP contribution >= 0.6 is 0 Å². The van der Waals surface area contributed by atoms with Gasteiger partial charge in [0.15, 0.2) is 23.8 Å². The van der Waals surface area contributed by atoms with E-state index in [-0.39, 0.29) is 147 Å². The second-order valence-electron chi connectivity index (χ2n) is 22.6. The largest absolute Gasteiger partial charge is 0.481 e. The standard InChI is InChI=1S/C55H104N26O14/c1-29(42(86)74-35(16-9-25-70-54(64)65)47(91)77-33(13-4-6-22-57)46(90)76-32(12-3-5-21-56)45(89)75-31(14-7-23-68-52(60)61)43(87)72-28-39(58)83)73-44(88)34(15-8-24-69-53(62)63)78-49(93)37(19-20-40(84)85)79-48(92)36(17-10-26-71-55(66)67)80-50(94)38-18-11-27-81(38)51(95)41(59)30(2)82/h29-38,41,82H,3-28,56-57,59H2,1-2H3,(H2,58,83)(H,72,87)(H,73,88)(H,74,86)(H,75,89)(H,76,90)(H,77,91)(H,78,93)(H,79,92)(H,80,94)(H,84,85)(H4,60,61,68)(H4,62,63,69)(H4,64,65,70)(H4,66,67,71)/t29-,30+,31-,32-,33-,34-,35-,36-,37-,38-,41-/m0/s1. The summed E-state index contributed by atoms with van der Waals surface area (Å²) in [7, 11) is 0. The average molecular weight is 1350 g/mol. The number of carbonyl (C=O) groups is 12. The van der Waals surface area contributed by atoms with Crippen molar-refractivity contribution in [2.75, 3.05) is 52.4 Å². The Balaban J connectivity index is 3.67. The predicted octanol–water partition coefficient (Wildman–Crippen LogP) is -10.5. The van der Waals surface area contributed by atoms with Crippen molar-refractivity contribution in [1.82, 2.24) is 52.8 Å². The maximum atomic E-state index is 14.4. The summed E-state index contributed by atoms with van der Waals surface area (Å²) >= 11 is 0. The highest BCUT2D eigenvalue weighted by molar-refractivity contribution is 5.99. The summed E-state index contributed by atoms with van der Waals surface area (Å²) in [5, 5.41) is 42.6. The molecule has 40 nitrogen and oxygen atoms in total. The third kappa shape index (κ3) is 34.9. The number of carboxylic acids is 1. The van der Waals surface area contributed by atoms with Crippen molar-refractivity contribution in [3.8, 4) is 0 Å². The number of aliphatic carboxylic acids is 1. The van der Waals surface area contributed by atoms with Gasteiger partial charge in [-0.2, -0.15) is 0 Å². The fourth-order valence-electron chi connectivity index (χ4n) is 9.45. The molecule has 0 unspecified atom stereocenters. The lowest BCUT2D eigenvalue weighted by Gasteiger charge is -2.29. The van der Waals surface area contributed by atoms with Crippen molar-refractivity contribution in [2.24, 2.45) is 88.8 Å². The molecule has 0 spiro atoms. The first-order valence-electron chi connectivity index (χ1n) is 31.4. The van der Waals surface area contributed by atoms with Crippen LogP contribution in [0, 0.1) is 0 Å². The van der Waals surface area contributed by atoms with Crippen molar-refractivity contribution in [3.05, 3.63) is 0 Å². The summed E-state index contributed by atoms with van der Waals surface area (Å²) in [4.78, 5) is 180. The molecule has 0 aromatic carbocycles. The van der Waals surface area contributed by atoms with E-state index in [0.29, 0.717) is 25.7 Å². The van der Waals surface area contributed by atoms with Crippen molar-refractivity contribution in [3.63, 3.8) is 0 Å². The van der Waals surface area contributed by atoms with Crippen molar-refractivity contribution < 1.29 is 67.7 Å². The highest BCUT2D eigenvalue weighted by Gasteiger charge is 2.40. The van der Waals surface area contributed by atoms with Gasteiger partial charge in [0.05, 0.1) is 12.6 Å². The van der Waals surface area contributed by atoms with E-state index < -0.39 is 157 Å². The molecular formula is C55H104N26O14. The van der Waals surface area contributed by atoms with Gasteiger partial charge in [-0.15, -0.1) is 0 Å². The number of rotatable bonds is 48. The summed E-state index contributed by atoms with van der Waals surface area (Å²) in [6.45, 7) is 2.51. The summed E-state index contributed by atoms with van der Waals surface area (Å²) in [5.74, 6) is -12.2. The number of aliphatic imine (C=N–C) groups is 4. The van der Waals surface area contributed by atoms with Gasteiger partial charge < -0.3 is 132 Å². The van der Waals surface area contributed by atoms with E-state index in [1.807, 2.05) is 0 Å². The quantitative estimate of drug-likeness (QED) is 0.0153. The Labute approximate surface area is 550 Å². The molecule has 1 aliphatic heterocycles. The molecule has 40 heteroatoms. The minimum atomic E-state index is -1.70. The highest BCUT2D eigenvalue weighted by Crippen LogP contribution is 2.20. The number of carboxylic acid groups (broad SMARTS) is 1. The molecule has 538 valence electrons. The number of hydrogen-bond donors (Lipinski definition) is 23. The number of likely N-dealkylation sites (tertiary alicyclic amines) is 1. The number of guanidine groups is 4. The van der Waals surface area contributed by atoms with Crippen molar-refractivity contribution in [2.45, 2.75) is 196 Å². The van der Waals surface area contributed by atoms with Crippen LogP contribution < -0.4 is 117 Å². The van der Waals surface area contributed by atoms with Crippen LogP contribution in [0.3, 0.4) is 0 Å². The zero-order valence-corrected chi connectivity index (χ0v) is 54.2. The Hall–Kier alpha value is -9.44. The lowest BCUT2D eigenvalue weighted by molar-refractivity contribution is -0.142. The number of aliphatic hydroxyl groups is 1. The van der Waals surface area contributed by atoms with E-state index >= 15 is 0 Å². The second-order valence-corrected chi connectivity index (χ2v) is 22.6. The number of aliphatic hydroxyl groups excluding tert-OH is 1. The Morgan fingerprint density at radius 3 is 1.12 bits per heavy atom. The molecule has 11 atom stereocenters.